The third-order valence-corrected chi connectivity index (χ3v) is 3.93. The zero-order chi connectivity index (χ0) is 13.9. The standard InChI is InChI=1S/C15H20N4O/c1-19-8-7-17-14(19)10-13(18-16)15-12-5-3-2-4-11(12)6-9-20-15/h2-5,7-8,13,15,18H,6,9-10,16H2,1H3. The van der Waals surface area contributed by atoms with Crippen LogP contribution in [0.3, 0.4) is 0 Å². The van der Waals surface area contributed by atoms with E-state index in [-0.39, 0.29) is 12.1 Å². The van der Waals surface area contributed by atoms with Gasteiger partial charge in [-0.1, -0.05) is 24.3 Å². The molecule has 2 unspecified atom stereocenters. The van der Waals surface area contributed by atoms with Crippen molar-refractivity contribution in [2.24, 2.45) is 12.9 Å². The molecule has 0 amide bonds. The molecule has 3 N–H and O–H groups in total. The summed E-state index contributed by atoms with van der Waals surface area (Å²) in [5.41, 5.74) is 5.48. The Morgan fingerprint density at radius 2 is 2.35 bits per heavy atom. The van der Waals surface area contributed by atoms with Crippen molar-refractivity contribution in [2.75, 3.05) is 6.61 Å². The van der Waals surface area contributed by atoms with Crippen molar-refractivity contribution in [2.45, 2.75) is 25.0 Å². The maximum atomic E-state index is 5.97. The lowest BCUT2D eigenvalue weighted by atomic mass is 9.92. The van der Waals surface area contributed by atoms with Crippen LogP contribution in [0.15, 0.2) is 36.7 Å². The molecule has 2 atom stereocenters. The van der Waals surface area contributed by atoms with Gasteiger partial charge in [-0.15, -0.1) is 0 Å². The normalized spacial score (nSPS) is 19.6. The first-order valence-electron chi connectivity index (χ1n) is 6.91. The topological polar surface area (TPSA) is 65.1 Å². The Morgan fingerprint density at radius 1 is 1.50 bits per heavy atom. The number of benzene rings is 1. The summed E-state index contributed by atoms with van der Waals surface area (Å²) < 4.78 is 7.98. The SMILES string of the molecule is Cn1ccnc1CC(NN)C1OCCc2ccccc21. The second-order valence-electron chi connectivity index (χ2n) is 5.17. The smallest absolute Gasteiger partial charge is 0.110 e. The molecular weight excluding hydrogens is 252 g/mol. The number of imidazole rings is 1. The van der Waals surface area contributed by atoms with Crippen LogP contribution >= 0.6 is 0 Å². The minimum Gasteiger partial charge on any atom is -0.371 e. The number of hydrogen-bond acceptors (Lipinski definition) is 4. The molecule has 106 valence electrons. The van der Waals surface area contributed by atoms with Crippen molar-refractivity contribution in [3.05, 3.63) is 53.6 Å². The number of hydrazine groups is 1. The van der Waals surface area contributed by atoms with E-state index in [2.05, 4.69) is 34.7 Å². The number of rotatable bonds is 4. The number of aromatic nitrogens is 2. The lowest BCUT2D eigenvalue weighted by molar-refractivity contribution is 0.0148. The van der Waals surface area contributed by atoms with Crippen LogP contribution in [0.1, 0.15) is 23.1 Å². The van der Waals surface area contributed by atoms with Gasteiger partial charge in [0.2, 0.25) is 0 Å². The highest BCUT2D eigenvalue weighted by Gasteiger charge is 2.29. The first-order chi connectivity index (χ1) is 9.79. The highest BCUT2D eigenvalue weighted by atomic mass is 16.5. The molecule has 1 aliphatic heterocycles. The molecule has 0 saturated heterocycles. The van der Waals surface area contributed by atoms with Gasteiger partial charge in [-0.05, 0) is 17.5 Å². The lowest BCUT2D eigenvalue weighted by Crippen LogP contribution is -2.44. The summed E-state index contributed by atoms with van der Waals surface area (Å²) in [7, 11) is 1.99. The molecular formula is C15H20N4O. The van der Waals surface area contributed by atoms with E-state index in [1.165, 1.54) is 11.1 Å². The molecule has 1 aliphatic rings. The molecule has 1 aromatic carbocycles. The van der Waals surface area contributed by atoms with Crippen molar-refractivity contribution in [1.82, 2.24) is 15.0 Å². The predicted molar refractivity (Wildman–Crippen MR) is 76.9 cm³/mol. The summed E-state index contributed by atoms with van der Waals surface area (Å²) in [5.74, 6) is 6.76. The van der Waals surface area contributed by atoms with E-state index in [1.807, 2.05) is 17.8 Å². The van der Waals surface area contributed by atoms with Gasteiger partial charge in [-0.25, -0.2) is 4.98 Å². The Labute approximate surface area is 118 Å². The van der Waals surface area contributed by atoms with Crippen molar-refractivity contribution in [3.8, 4) is 0 Å². The van der Waals surface area contributed by atoms with Gasteiger partial charge in [0.1, 0.15) is 5.82 Å². The van der Waals surface area contributed by atoms with Crippen LogP contribution < -0.4 is 11.3 Å². The van der Waals surface area contributed by atoms with Crippen LogP contribution in [0.2, 0.25) is 0 Å². The van der Waals surface area contributed by atoms with Gasteiger partial charge in [0, 0.05) is 25.9 Å². The fraction of sp³-hybridized carbons (Fsp3) is 0.400. The molecule has 0 aliphatic carbocycles. The van der Waals surface area contributed by atoms with E-state index < -0.39 is 0 Å². The maximum absolute atomic E-state index is 5.97. The second-order valence-corrected chi connectivity index (χ2v) is 5.17. The Balaban J connectivity index is 1.85. The minimum atomic E-state index is -0.0263. The molecule has 1 aromatic heterocycles. The van der Waals surface area contributed by atoms with E-state index in [0.717, 1.165) is 25.3 Å². The van der Waals surface area contributed by atoms with Crippen LogP contribution in [0.25, 0.3) is 0 Å². The van der Waals surface area contributed by atoms with E-state index in [1.54, 1.807) is 6.20 Å². The molecule has 2 aromatic rings. The molecule has 5 nitrogen and oxygen atoms in total. The Hall–Kier alpha value is -1.69. The van der Waals surface area contributed by atoms with Gasteiger partial charge < -0.3 is 9.30 Å². The highest BCUT2D eigenvalue weighted by Crippen LogP contribution is 2.30. The predicted octanol–water partition coefficient (Wildman–Crippen LogP) is 1.11. The molecule has 2 heterocycles. The number of aryl methyl sites for hydroxylation is 1. The minimum absolute atomic E-state index is 0.0116. The number of hydrogen-bond donors (Lipinski definition) is 2. The van der Waals surface area contributed by atoms with Gasteiger partial charge >= 0.3 is 0 Å². The summed E-state index contributed by atoms with van der Waals surface area (Å²) in [6.07, 6.45) is 5.42. The van der Waals surface area contributed by atoms with Gasteiger partial charge in [0.15, 0.2) is 0 Å². The summed E-state index contributed by atoms with van der Waals surface area (Å²) in [6, 6.07) is 8.43. The third kappa shape index (κ3) is 2.47. The van der Waals surface area contributed by atoms with Crippen molar-refractivity contribution >= 4 is 0 Å². The average Bonchev–Trinajstić information content (AvgIpc) is 2.89. The van der Waals surface area contributed by atoms with Crippen molar-refractivity contribution in [3.63, 3.8) is 0 Å². The largest absolute Gasteiger partial charge is 0.371 e. The molecule has 0 bridgehead atoms. The molecule has 0 fully saturated rings. The molecule has 0 saturated carbocycles. The number of ether oxygens (including phenoxy) is 1. The van der Waals surface area contributed by atoms with E-state index in [0.29, 0.717) is 0 Å². The van der Waals surface area contributed by atoms with E-state index in [9.17, 15) is 0 Å². The van der Waals surface area contributed by atoms with Crippen LogP contribution in [0.5, 0.6) is 0 Å². The fourth-order valence-electron chi connectivity index (χ4n) is 2.80. The summed E-state index contributed by atoms with van der Waals surface area (Å²) in [4.78, 5) is 4.37. The third-order valence-electron chi connectivity index (χ3n) is 3.93. The first-order valence-corrected chi connectivity index (χ1v) is 6.91. The number of nitrogens with one attached hydrogen (secondary N) is 1. The number of nitrogens with two attached hydrogens (primary N) is 1. The van der Waals surface area contributed by atoms with E-state index in [4.69, 9.17) is 10.6 Å². The molecule has 0 spiro atoms. The number of nitrogens with zero attached hydrogens (tertiary/aromatic N) is 2. The van der Waals surface area contributed by atoms with Gasteiger partial charge in [-0.2, -0.15) is 0 Å². The lowest BCUT2D eigenvalue weighted by Gasteiger charge is -2.32. The Morgan fingerprint density at radius 3 is 3.10 bits per heavy atom. The van der Waals surface area contributed by atoms with Crippen LogP contribution in [0, 0.1) is 0 Å². The van der Waals surface area contributed by atoms with Gasteiger partial charge in [-0.3, -0.25) is 11.3 Å². The molecule has 0 radical (unpaired) electrons. The molecule has 20 heavy (non-hydrogen) atoms. The second kappa shape index (κ2) is 5.75. The van der Waals surface area contributed by atoms with Crippen molar-refractivity contribution < 1.29 is 4.74 Å². The van der Waals surface area contributed by atoms with Crippen molar-refractivity contribution in [1.29, 1.82) is 0 Å². The molecule has 5 heteroatoms. The van der Waals surface area contributed by atoms with Crippen LogP contribution in [0.4, 0.5) is 0 Å². The Kier molecular flexibility index (Phi) is 3.82. The average molecular weight is 272 g/mol. The van der Waals surface area contributed by atoms with Crippen LogP contribution in [-0.2, 0) is 24.6 Å². The van der Waals surface area contributed by atoms with Crippen LogP contribution in [-0.4, -0.2) is 22.2 Å². The van der Waals surface area contributed by atoms with Gasteiger partial charge in [0.25, 0.3) is 0 Å². The highest BCUT2D eigenvalue weighted by molar-refractivity contribution is 5.32. The van der Waals surface area contributed by atoms with Gasteiger partial charge in [0.05, 0.1) is 18.8 Å². The maximum Gasteiger partial charge on any atom is 0.110 e. The quantitative estimate of drug-likeness (QED) is 0.646. The Bertz CT molecular complexity index is 581. The summed E-state index contributed by atoms with van der Waals surface area (Å²) >= 11 is 0. The zero-order valence-electron chi connectivity index (χ0n) is 11.6. The zero-order valence-corrected chi connectivity index (χ0v) is 11.6. The summed E-state index contributed by atoms with van der Waals surface area (Å²) in [5, 5.41) is 0. The summed E-state index contributed by atoms with van der Waals surface area (Å²) in [6.45, 7) is 0.737. The molecule has 3 rings (SSSR count). The first kappa shape index (κ1) is 13.3. The fourth-order valence-corrected chi connectivity index (χ4v) is 2.80. The monoisotopic (exact) mass is 272 g/mol. The number of fused-ring (bicyclic) bond motifs is 1. The van der Waals surface area contributed by atoms with E-state index >= 15 is 0 Å².